The van der Waals surface area contributed by atoms with Crippen molar-refractivity contribution in [1.82, 2.24) is 20.4 Å². The zero-order valence-corrected chi connectivity index (χ0v) is 39.2. The first-order valence-corrected chi connectivity index (χ1v) is 25.1. The number of carbonyl (C=O) groups is 7. The third-order valence-corrected chi connectivity index (χ3v) is 13.2. The summed E-state index contributed by atoms with van der Waals surface area (Å²) >= 11 is 0. The first-order chi connectivity index (χ1) is 30.0. The van der Waals surface area contributed by atoms with Gasteiger partial charge in [-0.3, -0.25) is 39.4 Å². The molecule has 2 N–H and O–H groups in total. The van der Waals surface area contributed by atoms with Crippen LogP contribution in [0.15, 0.2) is 60.8 Å². The van der Waals surface area contributed by atoms with Gasteiger partial charge in [0.25, 0.3) is 5.91 Å². The van der Waals surface area contributed by atoms with Crippen LogP contribution >= 0.6 is 21.6 Å². The lowest BCUT2D eigenvalue weighted by Crippen LogP contribution is -2.49. The number of imide groups is 2. The predicted molar refractivity (Wildman–Crippen MR) is 249 cm³/mol. The Hall–Kier alpha value is -4.11. The number of allylic oxidation sites excluding steroid dienone is 10. The quantitative estimate of drug-likeness (QED) is 0.0279. The minimum absolute atomic E-state index is 0.00263. The molecule has 3 saturated heterocycles. The molecule has 0 radical (unpaired) electrons. The van der Waals surface area contributed by atoms with Crippen LogP contribution in [-0.2, 0) is 38.2 Å². The molecule has 0 aromatic heterocycles. The van der Waals surface area contributed by atoms with Crippen LogP contribution in [0, 0.1) is 0 Å². The largest absolute Gasteiger partial charge is 0.425 e. The number of rotatable bonds is 26. The van der Waals surface area contributed by atoms with Gasteiger partial charge in [-0.05, 0) is 89.9 Å². The Morgan fingerprint density at radius 3 is 1.71 bits per heavy atom. The van der Waals surface area contributed by atoms with E-state index in [1.807, 2.05) is 28.5 Å². The molecule has 3 heterocycles. The number of esters is 1. The number of amides is 6. The summed E-state index contributed by atoms with van der Waals surface area (Å²) in [5.74, 6) is -0.529. The summed E-state index contributed by atoms with van der Waals surface area (Å²) in [5, 5.41) is 5.27. The lowest BCUT2D eigenvalue weighted by Gasteiger charge is -2.25. The molecule has 346 valence electrons. The molecule has 13 nitrogen and oxygen atoms in total. The Morgan fingerprint density at radius 1 is 0.694 bits per heavy atom. The van der Waals surface area contributed by atoms with Crippen LogP contribution in [0.1, 0.15) is 150 Å². The van der Waals surface area contributed by atoms with Crippen LogP contribution in [0.25, 0.3) is 0 Å². The second kappa shape index (κ2) is 33.4. The molecule has 15 heteroatoms. The molecular formula is C47H72N4O9S2. The maximum atomic E-state index is 12.3. The highest BCUT2D eigenvalue weighted by molar-refractivity contribution is 8.77. The second-order valence-electron chi connectivity index (χ2n) is 15.3. The topological polar surface area (TPSA) is 168 Å². The molecule has 62 heavy (non-hydrogen) atoms. The number of likely N-dealkylation sites (tertiary alicyclic amines) is 2. The van der Waals surface area contributed by atoms with Gasteiger partial charge in [0, 0.05) is 56.7 Å². The summed E-state index contributed by atoms with van der Waals surface area (Å²) in [6.45, 7) is 8.31. The SMILES string of the molecule is CC/C=C\C/C=C\C/C=C\C/C=C\C/C=C\CCCC(=O)NC(=O)[C@H](CC)N1CCCC1=O.CC[C@@H](C(=O)NC(=O)OC(C)OC(=O)CCCC[C@@H]1CCSS1)N1CCCC1=O. The van der Waals surface area contributed by atoms with Crippen molar-refractivity contribution in [3.8, 4) is 0 Å². The van der Waals surface area contributed by atoms with Gasteiger partial charge in [-0.2, -0.15) is 0 Å². The van der Waals surface area contributed by atoms with Crippen LogP contribution in [0.5, 0.6) is 0 Å². The number of carbonyl (C=O) groups excluding carboxylic acids is 7. The van der Waals surface area contributed by atoms with Gasteiger partial charge in [-0.25, -0.2) is 4.79 Å². The summed E-state index contributed by atoms with van der Waals surface area (Å²) in [5.41, 5.74) is 0. The molecule has 6 amide bonds. The van der Waals surface area contributed by atoms with Gasteiger partial charge in [0.1, 0.15) is 12.1 Å². The van der Waals surface area contributed by atoms with E-state index < -0.39 is 36.3 Å². The molecule has 4 atom stereocenters. The van der Waals surface area contributed by atoms with E-state index >= 15 is 0 Å². The van der Waals surface area contributed by atoms with Gasteiger partial charge in [-0.15, -0.1) is 0 Å². The maximum Gasteiger partial charge on any atom is 0.416 e. The van der Waals surface area contributed by atoms with Gasteiger partial charge in [0.2, 0.25) is 29.9 Å². The third-order valence-electron chi connectivity index (χ3n) is 10.2. The lowest BCUT2D eigenvalue weighted by atomic mass is 10.1. The van der Waals surface area contributed by atoms with E-state index in [0.29, 0.717) is 63.3 Å². The zero-order chi connectivity index (χ0) is 45.4. The summed E-state index contributed by atoms with van der Waals surface area (Å²) in [7, 11) is 3.82. The summed E-state index contributed by atoms with van der Waals surface area (Å²) in [4.78, 5) is 87.2. The second-order valence-corrected chi connectivity index (χ2v) is 18.1. The minimum Gasteiger partial charge on any atom is -0.425 e. The number of nitrogens with zero attached hydrogens (tertiary/aromatic N) is 2. The van der Waals surface area contributed by atoms with Crippen molar-refractivity contribution in [2.75, 3.05) is 18.8 Å². The van der Waals surface area contributed by atoms with Gasteiger partial charge >= 0.3 is 12.1 Å². The fourth-order valence-corrected chi connectivity index (χ4v) is 9.99. The highest BCUT2D eigenvalue weighted by atomic mass is 33.1. The number of ether oxygens (including phenoxy) is 2. The molecule has 0 aromatic rings. The summed E-state index contributed by atoms with van der Waals surface area (Å²) < 4.78 is 10.0. The fourth-order valence-electron chi connectivity index (χ4n) is 6.96. The molecule has 0 saturated carbocycles. The van der Waals surface area contributed by atoms with E-state index in [1.54, 1.807) is 11.8 Å². The van der Waals surface area contributed by atoms with E-state index in [1.165, 1.54) is 24.0 Å². The van der Waals surface area contributed by atoms with Crippen molar-refractivity contribution < 1.29 is 43.0 Å². The highest BCUT2D eigenvalue weighted by Crippen LogP contribution is 2.40. The van der Waals surface area contributed by atoms with Gasteiger partial charge in [0.05, 0.1) is 0 Å². The van der Waals surface area contributed by atoms with Crippen LogP contribution in [0.3, 0.4) is 0 Å². The van der Waals surface area contributed by atoms with E-state index in [2.05, 4.69) is 78.3 Å². The van der Waals surface area contributed by atoms with Crippen LogP contribution in [-0.4, -0.2) is 93.9 Å². The molecule has 3 rings (SSSR count). The predicted octanol–water partition coefficient (Wildman–Crippen LogP) is 9.20. The Labute approximate surface area is 378 Å². The number of hydrogen-bond donors (Lipinski definition) is 2. The molecule has 0 spiro atoms. The average molecular weight is 901 g/mol. The van der Waals surface area contributed by atoms with E-state index in [9.17, 15) is 33.6 Å². The maximum absolute atomic E-state index is 12.3. The number of nitrogens with one attached hydrogen (secondary N) is 2. The Balaban J connectivity index is 0.000000430. The average Bonchev–Trinajstić information content (AvgIpc) is 4.02. The first-order valence-electron chi connectivity index (χ1n) is 22.7. The fraction of sp³-hybridized carbons (Fsp3) is 0.638. The van der Waals surface area contributed by atoms with Crippen molar-refractivity contribution in [3.63, 3.8) is 0 Å². The third kappa shape index (κ3) is 23.4. The molecule has 3 aliphatic rings. The van der Waals surface area contributed by atoms with Crippen molar-refractivity contribution in [2.45, 2.75) is 173 Å². The van der Waals surface area contributed by atoms with E-state index in [4.69, 9.17) is 9.47 Å². The van der Waals surface area contributed by atoms with Crippen molar-refractivity contribution in [1.29, 1.82) is 0 Å². The van der Waals surface area contributed by atoms with Crippen LogP contribution in [0.2, 0.25) is 0 Å². The Morgan fingerprint density at radius 2 is 1.23 bits per heavy atom. The molecule has 3 fully saturated rings. The van der Waals surface area contributed by atoms with Crippen LogP contribution < -0.4 is 10.6 Å². The number of hydrogen-bond acceptors (Lipinski definition) is 11. The monoisotopic (exact) mass is 900 g/mol. The number of alkyl carbamates (subject to hydrolysis) is 1. The van der Waals surface area contributed by atoms with E-state index in [0.717, 1.165) is 64.2 Å². The molecule has 0 aromatic carbocycles. The normalized spacial score (nSPS) is 18.2. The Bertz CT molecular complexity index is 1560. The first kappa shape index (κ1) is 54.0. The smallest absolute Gasteiger partial charge is 0.416 e. The highest BCUT2D eigenvalue weighted by Gasteiger charge is 2.33. The summed E-state index contributed by atoms with van der Waals surface area (Å²) in [6, 6.07) is -1.23. The van der Waals surface area contributed by atoms with Crippen molar-refractivity contribution >= 4 is 63.2 Å². The molecule has 0 bridgehead atoms. The van der Waals surface area contributed by atoms with Crippen molar-refractivity contribution in [2.24, 2.45) is 0 Å². The molecular weight excluding hydrogens is 829 g/mol. The summed E-state index contributed by atoms with van der Waals surface area (Å²) in [6.07, 6.45) is 33.8. The van der Waals surface area contributed by atoms with Gasteiger partial charge < -0.3 is 19.3 Å². The number of unbranched alkanes of at least 4 members (excludes halogenated alkanes) is 2. The van der Waals surface area contributed by atoms with Gasteiger partial charge in [-0.1, -0.05) is 110 Å². The minimum atomic E-state index is -1.09. The van der Waals surface area contributed by atoms with Gasteiger partial charge in [0.15, 0.2) is 0 Å². The van der Waals surface area contributed by atoms with Crippen molar-refractivity contribution in [3.05, 3.63) is 60.8 Å². The van der Waals surface area contributed by atoms with E-state index in [-0.39, 0.29) is 30.0 Å². The lowest BCUT2D eigenvalue weighted by molar-refractivity contribution is -0.165. The Kier molecular flexibility index (Phi) is 29.1. The molecule has 0 aliphatic carbocycles. The molecule has 1 unspecified atom stereocenters. The standard InChI is InChI=1S/C28H42N2O3.C19H30N2O6S2/c1-3-5-6-7-8-9-10-11-12-13-14-15-16-17-18-19-20-22-26(31)29-28(33)25(4-2)30-24-21-23-27(30)32;1-3-15(21-11-6-8-16(21)22)18(24)20-19(25)27-13(2)26-17(23)9-5-4-7-14-10-12-28-29-14/h5-6,8-9,11-12,14-15,17-18,25H,3-4,7,10,13,16,19-24H2,1-2H3,(H,29,31,33);13-15H,3-12H2,1-2H3,(H,20,24,25)/b6-5-,9-8-,12-11-,15-14-,18-17-;/t25-;13?,14-,15+/m01/s1. The zero-order valence-electron chi connectivity index (χ0n) is 37.5. The molecule has 3 aliphatic heterocycles. The van der Waals surface area contributed by atoms with Crippen LogP contribution in [0.4, 0.5) is 4.79 Å².